The summed E-state index contributed by atoms with van der Waals surface area (Å²) in [6.45, 7) is 1.57. The second-order valence-corrected chi connectivity index (χ2v) is 6.58. The van der Waals surface area contributed by atoms with E-state index in [1.165, 1.54) is 6.07 Å². The zero-order chi connectivity index (χ0) is 17.8. The third kappa shape index (κ3) is 4.30. The lowest BCUT2D eigenvalue weighted by molar-refractivity contribution is -0.122. The predicted octanol–water partition coefficient (Wildman–Crippen LogP) is 3.51. The van der Waals surface area contributed by atoms with E-state index >= 15 is 0 Å². The van der Waals surface area contributed by atoms with Gasteiger partial charge in [-0.15, -0.1) is 0 Å². The van der Waals surface area contributed by atoms with Crippen molar-refractivity contribution in [3.63, 3.8) is 0 Å². The molecule has 0 spiro atoms. The average Bonchev–Trinajstić information content (AvgIpc) is 3.04. The number of hydrogen-bond acceptors (Lipinski definition) is 3. The maximum atomic E-state index is 13.6. The first-order valence-electron chi connectivity index (χ1n) is 8.22. The van der Waals surface area contributed by atoms with E-state index in [0.29, 0.717) is 22.9 Å². The van der Waals surface area contributed by atoms with Crippen LogP contribution in [0.2, 0.25) is 5.02 Å². The molecule has 3 rings (SSSR count). The number of hydrogen-bond donors (Lipinski definition) is 1. The fourth-order valence-corrected chi connectivity index (χ4v) is 3.36. The predicted molar refractivity (Wildman–Crippen MR) is 94.8 cm³/mol. The van der Waals surface area contributed by atoms with E-state index in [1.807, 2.05) is 12.1 Å². The van der Waals surface area contributed by atoms with Crippen LogP contribution in [0.3, 0.4) is 0 Å². The monoisotopic (exact) mass is 362 g/mol. The van der Waals surface area contributed by atoms with Gasteiger partial charge in [0, 0.05) is 12.1 Å². The summed E-state index contributed by atoms with van der Waals surface area (Å²) in [5, 5.41) is 0.462. The molecule has 0 aliphatic carbocycles. The molecule has 6 heteroatoms. The van der Waals surface area contributed by atoms with E-state index in [2.05, 4.69) is 4.90 Å². The van der Waals surface area contributed by atoms with Gasteiger partial charge in [0.25, 0.3) is 0 Å². The third-order valence-electron chi connectivity index (χ3n) is 4.42. The molecule has 0 saturated carbocycles. The van der Waals surface area contributed by atoms with E-state index in [9.17, 15) is 9.18 Å². The molecule has 1 fully saturated rings. The Balaban J connectivity index is 1.65. The van der Waals surface area contributed by atoms with Crippen molar-refractivity contribution in [2.24, 2.45) is 5.73 Å². The third-order valence-corrected chi connectivity index (χ3v) is 4.71. The minimum Gasteiger partial charge on any atom is -0.487 e. The summed E-state index contributed by atoms with van der Waals surface area (Å²) in [6.07, 6.45) is 1.76. The largest absolute Gasteiger partial charge is 0.487 e. The molecule has 4 nitrogen and oxygen atoms in total. The number of nitrogens with zero attached hydrogens (tertiary/aromatic N) is 1. The molecule has 1 aliphatic heterocycles. The smallest absolute Gasteiger partial charge is 0.234 e. The summed E-state index contributed by atoms with van der Waals surface area (Å²) in [5.74, 6) is -0.0863. The Morgan fingerprint density at radius 3 is 2.84 bits per heavy atom. The van der Waals surface area contributed by atoms with E-state index in [1.54, 1.807) is 24.3 Å². The Bertz CT molecular complexity index is 769. The Morgan fingerprint density at radius 2 is 2.12 bits per heavy atom. The van der Waals surface area contributed by atoms with Gasteiger partial charge in [0.2, 0.25) is 5.91 Å². The summed E-state index contributed by atoms with van der Waals surface area (Å²) in [5.41, 5.74) is 6.90. The van der Waals surface area contributed by atoms with E-state index in [4.69, 9.17) is 22.1 Å². The highest BCUT2D eigenvalue weighted by Gasteiger charge is 2.28. The molecule has 1 saturated heterocycles. The topological polar surface area (TPSA) is 55.6 Å². The van der Waals surface area contributed by atoms with Crippen molar-refractivity contribution in [1.29, 1.82) is 0 Å². The van der Waals surface area contributed by atoms with Crippen LogP contribution in [0.4, 0.5) is 4.39 Å². The van der Waals surface area contributed by atoms with Gasteiger partial charge < -0.3 is 10.5 Å². The molecule has 2 aromatic rings. The molecule has 2 N–H and O–H groups in total. The van der Waals surface area contributed by atoms with Gasteiger partial charge in [-0.25, -0.2) is 4.39 Å². The lowest BCUT2D eigenvalue weighted by Crippen LogP contribution is -2.39. The highest BCUT2D eigenvalue weighted by molar-refractivity contribution is 6.32. The van der Waals surface area contributed by atoms with Crippen LogP contribution in [0.1, 0.15) is 24.0 Å². The van der Waals surface area contributed by atoms with Gasteiger partial charge >= 0.3 is 0 Å². The van der Waals surface area contributed by atoms with Crippen molar-refractivity contribution in [2.45, 2.75) is 32.0 Å². The van der Waals surface area contributed by atoms with Gasteiger partial charge in [0.1, 0.15) is 18.2 Å². The van der Waals surface area contributed by atoms with Crippen molar-refractivity contribution in [3.8, 4) is 5.75 Å². The first kappa shape index (κ1) is 17.7. The van der Waals surface area contributed by atoms with Crippen LogP contribution >= 0.6 is 11.6 Å². The lowest BCUT2D eigenvalue weighted by Gasteiger charge is -2.22. The molecule has 0 aromatic heterocycles. The van der Waals surface area contributed by atoms with Crippen molar-refractivity contribution >= 4 is 17.5 Å². The number of rotatable bonds is 6. The first-order valence-corrected chi connectivity index (χ1v) is 8.60. The summed E-state index contributed by atoms with van der Waals surface area (Å²) in [6, 6.07) is 11.7. The molecule has 1 amide bonds. The maximum absolute atomic E-state index is 13.6. The normalized spacial score (nSPS) is 17.6. The molecule has 25 heavy (non-hydrogen) atoms. The Labute approximate surface area is 151 Å². The fourth-order valence-electron chi connectivity index (χ4n) is 3.10. The number of benzene rings is 2. The van der Waals surface area contributed by atoms with E-state index in [0.717, 1.165) is 24.9 Å². The number of ether oxygens (including phenoxy) is 1. The van der Waals surface area contributed by atoms with Gasteiger partial charge in [0.15, 0.2) is 0 Å². The molecule has 2 aromatic carbocycles. The number of carbonyl (C=O) groups excluding carboxylic acids is 1. The fraction of sp³-hybridized carbons (Fsp3) is 0.316. The lowest BCUT2D eigenvalue weighted by atomic mass is 10.1. The minimum atomic E-state index is -0.304. The van der Waals surface area contributed by atoms with Gasteiger partial charge in [0.05, 0.1) is 11.1 Å². The highest BCUT2D eigenvalue weighted by atomic mass is 35.5. The molecule has 1 unspecified atom stereocenters. The van der Waals surface area contributed by atoms with Crippen LogP contribution in [0, 0.1) is 5.82 Å². The van der Waals surface area contributed by atoms with Crippen LogP contribution in [0.25, 0.3) is 0 Å². The Morgan fingerprint density at radius 1 is 1.32 bits per heavy atom. The van der Waals surface area contributed by atoms with Gasteiger partial charge in [-0.2, -0.15) is 0 Å². The zero-order valence-electron chi connectivity index (χ0n) is 13.8. The molecule has 0 bridgehead atoms. The zero-order valence-corrected chi connectivity index (χ0v) is 14.5. The standard InChI is InChI=1S/C19H20ClFN2O2/c20-15-10-13(11-23-9-3-6-17(23)19(22)24)7-8-18(15)25-12-14-4-1-2-5-16(14)21/h1-2,4-5,7-8,10,17H,3,6,9,11-12H2,(H2,22,24). The number of amides is 1. The van der Waals surface area contributed by atoms with Crippen molar-refractivity contribution in [3.05, 3.63) is 64.4 Å². The maximum Gasteiger partial charge on any atom is 0.234 e. The number of primary amides is 1. The Hall–Kier alpha value is -2.11. The Kier molecular flexibility index (Phi) is 5.56. The first-order chi connectivity index (χ1) is 12.0. The quantitative estimate of drug-likeness (QED) is 0.855. The SMILES string of the molecule is NC(=O)C1CCCN1Cc1ccc(OCc2ccccc2F)c(Cl)c1. The van der Waals surface area contributed by atoms with Crippen molar-refractivity contribution in [1.82, 2.24) is 4.90 Å². The molecular formula is C19H20ClFN2O2. The van der Waals surface area contributed by atoms with Gasteiger partial charge in [-0.1, -0.05) is 35.9 Å². The van der Waals surface area contributed by atoms with Gasteiger partial charge in [-0.05, 0) is 43.1 Å². The molecule has 1 heterocycles. The number of likely N-dealkylation sites (tertiary alicyclic amines) is 1. The second kappa shape index (κ2) is 7.85. The minimum absolute atomic E-state index is 0.113. The molecule has 0 radical (unpaired) electrons. The summed E-state index contributed by atoms with van der Waals surface area (Å²) in [4.78, 5) is 13.5. The van der Waals surface area contributed by atoms with Crippen LogP contribution in [0.5, 0.6) is 5.75 Å². The number of carbonyl (C=O) groups is 1. The van der Waals surface area contributed by atoms with Crippen LogP contribution < -0.4 is 10.5 Å². The van der Waals surface area contributed by atoms with E-state index < -0.39 is 0 Å². The molecular weight excluding hydrogens is 343 g/mol. The number of halogens is 2. The highest BCUT2D eigenvalue weighted by Crippen LogP contribution is 2.28. The van der Waals surface area contributed by atoms with Crippen LogP contribution in [-0.4, -0.2) is 23.4 Å². The molecule has 132 valence electrons. The van der Waals surface area contributed by atoms with Gasteiger partial charge in [-0.3, -0.25) is 9.69 Å². The van der Waals surface area contributed by atoms with Crippen molar-refractivity contribution in [2.75, 3.05) is 6.54 Å². The summed E-state index contributed by atoms with van der Waals surface area (Å²) >= 11 is 6.29. The summed E-state index contributed by atoms with van der Waals surface area (Å²) < 4.78 is 19.3. The summed E-state index contributed by atoms with van der Waals surface area (Å²) in [7, 11) is 0. The second-order valence-electron chi connectivity index (χ2n) is 6.18. The van der Waals surface area contributed by atoms with Crippen LogP contribution in [-0.2, 0) is 17.9 Å². The van der Waals surface area contributed by atoms with Crippen molar-refractivity contribution < 1.29 is 13.9 Å². The average molecular weight is 363 g/mol. The van der Waals surface area contributed by atoms with E-state index in [-0.39, 0.29) is 24.4 Å². The number of nitrogens with two attached hydrogens (primary N) is 1. The molecule has 1 atom stereocenters. The molecule has 1 aliphatic rings. The van der Waals surface area contributed by atoms with Crippen LogP contribution in [0.15, 0.2) is 42.5 Å².